The van der Waals surface area contributed by atoms with Gasteiger partial charge in [-0.2, -0.15) is 5.10 Å². The third kappa shape index (κ3) is 4.91. The average molecular weight is 256 g/mol. The van der Waals surface area contributed by atoms with Crippen molar-refractivity contribution < 1.29 is 14.8 Å². The Morgan fingerprint density at radius 1 is 1.72 bits per heavy atom. The molecule has 100 valence electrons. The summed E-state index contributed by atoms with van der Waals surface area (Å²) in [5.74, 6) is -0.265. The Morgan fingerprint density at radius 3 is 3.00 bits per heavy atom. The van der Waals surface area contributed by atoms with Gasteiger partial charge in [0, 0.05) is 6.54 Å². The van der Waals surface area contributed by atoms with E-state index < -0.39 is 4.92 Å². The molecular formula is C10H16N4O4. The molecule has 0 bridgehead atoms. The molecule has 1 amide bonds. The zero-order valence-electron chi connectivity index (χ0n) is 10.1. The van der Waals surface area contributed by atoms with Gasteiger partial charge in [-0.3, -0.25) is 19.6 Å². The van der Waals surface area contributed by atoms with E-state index in [4.69, 9.17) is 5.11 Å². The summed E-state index contributed by atoms with van der Waals surface area (Å²) < 4.78 is 1.21. The highest BCUT2D eigenvalue weighted by molar-refractivity contribution is 5.75. The molecule has 1 aromatic rings. The lowest BCUT2D eigenvalue weighted by Gasteiger charge is -2.06. The van der Waals surface area contributed by atoms with Crippen molar-refractivity contribution >= 4 is 11.6 Å². The molecule has 1 atom stereocenters. The monoisotopic (exact) mass is 256 g/mol. The number of hydrogen-bond donors (Lipinski definition) is 2. The van der Waals surface area contributed by atoms with Gasteiger partial charge in [0.25, 0.3) is 0 Å². The van der Waals surface area contributed by atoms with E-state index in [1.807, 2.05) is 0 Å². The first-order chi connectivity index (χ1) is 8.49. The Labute approximate surface area is 104 Å². The summed E-state index contributed by atoms with van der Waals surface area (Å²) in [4.78, 5) is 21.3. The largest absolute Gasteiger partial charge is 0.393 e. The molecule has 0 aliphatic carbocycles. The molecule has 1 heterocycles. The first-order valence-corrected chi connectivity index (χ1v) is 5.60. The predicted octanol–water partition coefficient (Wildman–Crippen LogP) is 0.0685. The SMILES string of the molecule is CC(O)CCCNC(=O)Cn1cc([N+](=O)[O-])cn1. The van der Waals surface area contributed by atoms with Crippen LogP contribution in [0.3, 0.4) is 0 Å². The zero-order chi connectivity index (χ0) is 13.5. The van der Waals surface area contributed by atoms with Crippen molar-refractivity contribution in [1.82, 2.24) is 15.1 Å². The number of nitrogens with zero attached hydrogens (tertiary/aromatic N) is 3. The maximum absolute atomic E-state index is 11.4. The second-order valence-corrected chi connectivity index (χ2v) is 3.99. The van der Waals surface area contributed by atoms with Gasteiger partial charge in [-0.25, -0.2) is 0 Å². The van der Waals surface area contributed by atoms with Crippen LogP contribution in [0.2, 0.25) is 0 Å². The van der Waals surface area contributed by atoms with Crippen LogP contribution in [-0.4, -0.2) is 38.4 Å². The molecule has 0 aromatic carbocycles. The van der Waals surface area contributed by atoms with Crippen LogP contribution in [0.4, 0.5) is 5.69 Å². The van der Waals surface area contributed by atoms with Crippen molar-refractivity contribution in [2.45, 2.75) is 32.4 Å². The molecule has 1 unspecified atom stereocenters. The second kappa shape index (κ2) is 6.70. The van der Waals surface area contributed by atoms with E-state index in [2.05, 4.69) is 10.4 Å². The number of carbonyl (C=O) groups excluding carboxylic acids is 1. The number of aromatic nitrogens is 2. The summed E-state index contributed by atoms with van der Waals surface area (Å²) in [7, 11) is 0. The van der Waals surface area contributed by atoms with Gasteiger partial charge in [0.1, 0.15) is 18.9 Å². The highest BCUT2D eigenvalue weighted by Gasteiger charge is 2.10. The number of aliphatic hydroxyl groups is 1. The standard InChI is InChI=1S/C10H16N4O4/c1-8(15)3-2-4-11-10(16)7-13-6-9(5-12-13)14(17)18/h5-6,8,15H,2-4,7H2,1H3,(H,11,16). The number of hydrogen-bond acceptors (Lipinski definition) is 5. The molecule has 1 aromatic heterocycles. The fraction of sp³-hybridized carbons (Fsp3) is 0.600. The maximum Gasteiger partial charge on any atom is 0.307 e. The van der Waals surface area contributed by atoms with Gasteiger partial charge in [-0.15, -0.1) is 0 Å². The van der Waals surface area contributed by atoms with Gasteiger partial charge in [-0.1, -0.05) is 0 Å². The second-order valence-electron chi connectivity index (χ2n) is 3.99. The molecule has 0 saturated carbocycles. The van der Waals surface area contributed by atoms with Crippen LogP contribution in [0.1, 0.15) is 19.8 Å². The van der Waals surface area contributed by atoms with Gasteiger partial charge < -0.3 is 10.4 Å². The van der Waals surface area contributed by atoms with E-state index in [1.165, 1.54) is 10.9 Å². The third-order valence-electron chi connectivity index (χ3n) is 2.26. The summed E-state index contributed by atoms with van der Waals surface area (Å²) in [6, 6.07) is 0. The number of carbonyl (C=O) groups is 1. The minimum atomic E-state index is -0.565. The number of aliphatic hydroxyl groups excluding tert-OH is 1. The van der Waals surface area contributed by atoms with Crippen molar-refractivity contribution in [3.05, 3.63) is 22.5 Å². The van der Waals surface area contributed by atoms with Crippen LogP contribution in [0.25, 0.3) is 0 Å². The Hall–Kier alpha value is -1.96. The Kier molecular flexibility index (Phi) is 5.25. The molecule has 0 radical (unpaired) electrons. The Bertz CT molecular complexity index is 416. The number of amides is 1. The molecular weight excluding hydrogens is 240 g/mol. The number of nitro groups is 1. The molecule has 1 rings (SSSR count). The minimum absolute atomic E-state index is 0.0531. The van der Waals surface area contributed by atoms with Crippen LogP contribution in [0.15, 0.2) is 12.4 Å². The van der Waals surface area contributed by atoms with Crippen molar-refractivity contribution in [3.8, 4) is 0 Å². The first-order valence-electron chi connectivity index (χ1n) is 5.60. The molecule has 2 N–H and O–H groups in total. The van der Waals surface area contributed by atoms with Gasteiger partial charge in [0.05, 0.1) is 11.0 Å². The Balaban J connectivity index is 2.29. The summed E-state index contributed by atoms with van der Waals surface area (Å²) >= 11 is 0. The van der Waals surface area contributed by atoms with Gasteiger partial charge in [0.2, 0.25) is 5.91 Å². The number of nitrogens with one attached hydrogen (secondary N) is 1. The molecule has 0 spiro atoms. The van der Waals surface area contributed by atoms with Crippen LogP contribution in [-0.2, 0) is 11.3 Å². The molecule has 18 heavy (non-hydrogen) atoms. The summed E-state index contributed by atoms with van der Waals surface area (Å²) in [5.41, 5.74) is -0.142. The van der Waals surface area contributed by atoms with E-state index in [0.29, 0.717) is 19.4 Å². The lowest BCUT2D eigenvalue weighted by atomic mass is 10.2. The fourth-order valence-corrected chi connectivity index (χ4v) is 1.36. The summed E-state index contributed by atoms with van der Waals surface area (Å²) in [6.07, 6.45) is 3.22. The molecule has 8 nitrogen and oxygen atoms in total. The van der Waals surface area contributed by atoms with Crippen LogP contribution >= 0.6 is 0 Å². The van der Waals surface area contributed by atoms with Crippen molar-refractivity contribution in [1.29, 1.82) is 0 Å². The summed E-state index contributed by atoms with van der Waals surface area (Å²) in [5, 5.41) is 25.8. The van der Waals surface area contributed by atoms with E-state index in [-0.39, 0.29) is 24.2 Å². The smallest absolute Gasteiger partial charge is 0.307 e. The van der Waals surface area contributed by atoms with Crippen LogP contribution in [0.5, 0.6) is 0 Å². The van der Waals surface area contributed by atoms with E-state index in [1.54, 1.807) is 6.92 Å². The molecule has 8 heteroatoms. The molecule has 0 aliphatic rings. The van der Waals surface area contributed by atoms with Crippen molar-refractivity contribution in [2.75, 3.05) is 6.54 Å². The quantitative estimate of drug-likeness (QED) is 0.407. The lowest BCUT2D eigenvalue weighted by Crippen LogP contribution is -2.29. The summed E-state index contributed by atoms with van der Waals surface area (Å²) in [6.45, 7) is 2.10. The highest BCUT2D eigenvalue weighted by Crippen LogP contribution is 2.07. The van der Waals surface area contributed by atoms with E-state index in [0.717, 1.165) is 6.20 Å². The molecule has 0 fully saturated rings. The third-order valence-corrected chi connectivity index (χ3v) is 2.26. The molecule has 0 saturated heterocycles. The zero-order valence-corrected chi connectivity index (χ0v) is 10.1. The fourth-order valence-electron chi connectivity index (χ4n) is 1.36. The molecule has 0 aliphatic heterocycles. The van der Waals surface area contributed by atoms with E-state index >= 15 is 0 Å². The van der Waals surface area contributed by atoms with Gasteiger partial charge in [-0.05, 0) is 19.8 Å². The Morgan fingerprint density at radius 2 is 2.44 bits per heavy atom. The van der Waals surface area contributed by atoms with Crippen molar-refractivity contribution in [2.24, 2.45) is 0 Å². The van der Waals surface area contributed by atoms with Gasteiger partial charge in [0.15, 0.2) is 0 Å². The highest BCUT2D eigenvalue weighted by atomic mass is 16.6. The normalized spacial score (nSPS) is 12.1. The first kappa shape index (κ1) is 14.1. The average Bonchev–Trinajstić information content (AvgIpc) is 2.72. The number of rotatable bonds is 7. The minimum Gasteiger partial charge on any atom is -0.393 e. The lowest BCUT2D eigenvalue weighted by molar-refractivity contribution is -0.385. The topological polar surface area (TPSA) is 110 Å². The van der Waals surface area contributed by atoms with E-state index in [9.17, 15) is 14.9 Å². The van der Waals surface area contributed by atoms with Crippen LogP contribution in [0, 0.1) is 10.1 Å². The van der Waals surface area contributed by atoms with Crippen LogP contribution < -0.4 is 5.32 Å². The predicted molar refractivity (Wildman–Crippen MR) is 62.8 cm³/mol. The van der Waals surface area contributed by atoms with Crippen molar-refractivity contribution in [3.63, 3.8) is 0 Å². The van der Waals surface area contributed by atoms with Gasteiger partial charge >= 0.3 is 5.69 Å². The maximum atomic E-state index is 11.4.